The number of rotatable bonds is 7. The number of methoxy groups -OCH3 is 2. The number of hydrogen-bond donors (Lipinski definition) is 0. The molecule has 0 unspecified atom stereocenters. The lowest BCUT2D eigenvalue weighted by molar-refractivity contribution is 0.0464. The topological polar surface area (TPSA) is 83.8 Å². The van der Waals surface area contributed by atoms with Crippen molar-refractivity contribution in [1.29, 1.82) is 0 Å². The third-order valence-electron chi connectivity index (χ3n) is 3.66. The zero-order chi connectivity index (χ0) is 18.6. The van der Waals surface area contributed by atoms with E-state index in [1.807, 2.05) is 0 Å². The summed E-state index contributed by atoms with van der Waals surface area (Å²) in [6, 6.07) is 6.21. The Morgan fingerprint density at radius 3 is 2.36 bits per heavy atom. The largest absolute Gasteiger partial charge is 0.497 e. The van der Waals surface area contributed by atoms with E-state index in [0.29, 0.717) is 17.1 Å². The second-order valence-corrected chi connectivity index (χ2v) is 5.35. The predicted molar refractivity (Wildman–Crippen MR) is 89.6 cm³/mol. The maximum Gasteiger partial charge on any atom is 0.355 e. The molecule has 2 aromatic rings. The van der Waals surface area contributed by atoms with Crippen molar-refractivity contribution >= 4 is 17.5 Å². The summed E-state index contributed by atoms with van der Waals surface area (Å²) in [5, 5.41) is 0. The van der Waals surface area contributed by atoms with Crippen LogP contribution in [0, 0.1) is 0 Å². The number of Topliss-reactive ketones (excluding diaryl/α,β-unsaturated/α-hetero) is 2. The summed E-state index contributed by atoms with van der Waals surface area (Å²) in [4.78, 5) is 35.9. The minimum absolute atomic E-state index is 0.160. The first-order chi connectivity index (χ1) is 11.9. The van der Waals surface area contributed by atoms with E-state index in [1.165, 1.54) is 44.0 Å². The van der Waals surface area contributed by atoms with Gasteiger partial charge in [0.2, 0.25) is 5.78 Å². The zero-order valence-electron chi connectivity index (χ0n) is 14.5. The Hall–Kier alpha value is -3.09. The zero-order valence-corrected chi connectivity index (χ0v) is 14.5. The number of carbonyl (C=O) groups excluding carboxylic acids is 3. The predicted octanol–water partition coefficient (Wildman–Crippen LogP) is 2.28. The van der Waals surface area contributed by atoms with Crippen LogP contribution in [-0.2, 0) is 11.8 Å². The number of carbonyl (C=O) groups is 3. The Bertz CT molecular complexity index is 821. The highest BCUT2D eigenvalue weighted by Crippen LogP contribution is 2.24. The van der Waals surface area contributed by atoms with E-state index in [9.17, 15) is 14.4 Å². The molecule has 7 nitrogen and oxygen atoms in total. The highest BCUT2D eigenvalue weighted by atomic mass is 16.5. The van der Waals surface area contributed by atoms with Crippen LogP contribution in [0.4, 0.5) is 0 Å². The van der Waals surface area contributed by atoms with Gasteiger partial charge in [0.25, 0.3) is 0 Å². The third-order valence-corrected chi connectivity index (χ3v) is 3.66. The van der Waals surface area contributed by atoms with E-state index >= 15 is 0 Å². The van der Waals surface area contributed by atoms with Crippen molar-refractivity contribution in [3.8, 4) is 11.5 Å². The average molecular weight is 345 g/mol. The molecular formula is C18H19NO6. The molecule has 25 heavy (non-hydrogen) atoms. The Balaban J connectivity index is 2.12. The van der Waals surface area contributed by atoms with Crippen molar-refractivity contribution in [3.05, 3.63) is 47.3 Å². The van der Waals surface area contributed by atoms with E-state index in [0.717, 1.165) is 0 Å². The summed E-state index contributed by atoms with van der Waals surface area (Å²) in [5.74, 6) is -0.425. The van der Waals surface area contributed by atoms with Crippen LogP contribution in [0.25, 0.3) is 0 Å². The minimum atomic E-state index is -0.690. The molecule has 0 aliphatic rings. The number of benzene rings is 1. The lowest BCUT2D eigenvalue weighted by Gasteiger charge is -2.10. The van der Waals surface area contributed by atoms with E-state index in [-0.39, 0.29) is 17.0 Å². The highest BCUT2D eigenvalue weighted by Gasteiger charge is 2.19. The number of esters is 1. The van der Waals surface area contributed by atoms with Crippen LogP contribution in [0.1, 0.15) is 38.1 Å². The smallest absolute Gasteiger partial charge is 0.355 e. The molecule has 1 heterocycles. The van der Waals surface area contributed by atoms with Crippen molar-refractivity contribution < 1.29 is 28.6 Å². The molecule has 0 saturated heterocycles. The summed E-state index contributed by atoms with van der Waals surface area (Å²) in [6.07, 6.45) is 1.53. The summed E-state index contributed by atoms with van der Waals surface area (Å²) >= 11 is 0. The SMILES string of the molecule is COc1ccc(OC)c(C(=O)COC(=O)c2cc(C(C)=O)cn2C)c1. The van der Waals surface area contributed by atoms with Gasteiger partial charge >= 0.3 is 5.97 Å². The van der Waals surface area contributed by atoms with Crippen LogP contribution in [-0.4, -0.2) is 42.9 Å². The lowest BCUT2D eigenvalue weighted by atomic mass is 10.1. The molecule has 0 atom stereocenters. The van der Waals surface area contributed by atoms with Gasteiger partial charge in [-0.3, -0.25) is 9.59 Å². The average Bonchev–Trinajstić information content (AvgIpc) is 3.00. The second kappa shape index (κ2) is 7.65. The highest BCUT2D eigenvalue weighted by molar-refractivity contribution is 6.02. The van der Waals surface area contributed by atoms with Gasteiger partial charge in [0.05, 0.1) is 19.8 Å². The van der Waals surface area contributed by atoms with Crippen molar-refractivity contribution in [1.82, 2.24) is 4.57 Å². The molecule has 0 radical (unpaired) electrons. The molecule has 0 saturated carbocycles. The van der Waals surface area contributed by atoms with Crippen molar-refractivity contribution in [2.45, 2.75) is 6.92 Å². The quantitative estimate of drug-likeness (QED) is 0.565. The fourth-order valence-electron chi connectivity index (χ4n) is 2.27. The molecule has 0 fully saturated rings. The minimum Gasteiger partial charge on any atom is -0.497 e. The van der Waals surface area contributed by atoms with Crippen molar-refractivity contribution in [3.63, 3.8) is 0 Å². The van der Waals surface area contributed by atoms with Crippen LogP contribution in [0.5, 0.6) is 11.5 Å². The molecule has 1 aromatic carbocycles. The van der Waals surface area contributed by atoms with Gasteiger partial charge in [-0.2, -0.15) is 0 Å². The first-order valence-electron chi connectivity index (χ1n) is 7.47. The Morgan fingerprint density at radius 2 is 1.80 bits per heavy atom. The number of aromatic nitrogens is 1. The van der Waals surface area contributed by atoms with Crippen LogP contribution in [0.3, 0.4) is 0 Å². The molecule has 0 spiro atoms. The van der Waals surface area contributed by atoms with Gasteiger partial charge in [-0.05, 0) is 31.2 Å². The fraction of sp³-hybridized carbons (Fsp3) is 0.278. The number of ketones is 2. The number of aryl methyl sites for hydroxylation is 1. The molecule has 0 aliphatic heterocycles. The van der Waals surface area contributed by atoms with Gasteiger partial charge < -0.3 is 18.8 Å². The van der Waals surface area contributed by atoms with E-state index in [1.54, 1.807) is 19.2 Å². The molecular weight excluding hydrogens is 326 g/mol. The normalized spacial score (nSPS) is 10.2. The second-order valence-electron chi connectivity index (χ2n) is 5.35. The van der Waals surface area contributed by atoms with Crippen molar-refractivity contribution in [2.24, 2.45) is 7.05 Å². The molecule has 2 rings (SSSR count). The van der Waals surface area contributed by atoms with Gasteiger partial charge in [-0.1, -0.05) is 0 Å². The van der Waals surface area contributed by atoms with Gasteiger partial charge in [0.15, 0.2) is 12.4 Å². The van der Waals surface area contributed by atoms with Crippen LogP contribution in [0.15, 0.2) is 30.5 Å². The summed E-state index contributed by atoms with van der Waals surface area (Å²) in [7, 11) is 4.55. The lowest BCUT2D eigenvalue weighted by Crippen LogP contribution is -2.16. The molecule has 0 bridgehead atoms. The molecule has 1 aromatic heterocycles. The van der Waals surface area contributed by atoms with Gasteiger partial charge in [-0.25, -0.2) is 4.79 Å². The van der Waals surface area contributed by atoms with Crippen molar-refractivity contribution in [2.75, 3.05) is 20.8 Å². The molecule has 7 heteroatoms. The molecule has 0 amide bonds. The van der Waals surface area contributed by atoms with E-state index < -0.39 is 18.4 Å². The van der Waals surface area contributed by atoms with Crippen LogP contribution < -0.4 is 9.47 Å². The van der Waals surface area contributed by atoms with Gasteiger partial charge in [0.1, 0.15) is 17.2 Å². The summed E-state index contributed by atoms with van der Waals surface area (Å²) < 4.78 is 16.8. The summed E-state index contributed by atoms with van der Waals surface area (Å²) in [5.41, 5.74) is 0.844. The van der Waals surface area contributed by atoms with Gasteiger partial charge in [0, 0.05) is 18.8 Å². The summed E-state index contributed by atoms with van der Waals surface area (Å²) in [6.45, 7) is 0.950. The van der Waals surface area contributed by atoms with Crippen LogP contribution in [0.2, 0.25) is 0 Å². The third kappa shape index (κ3) is 4.06. The molecule has 0 N–H and O–H groups in total. The Morgan fingerprint density at radius 1 is 1.08 bits per heavy atom. The Kier molecular flexibility index (Phi) is 5.59. The first kappa shape index (κ1) is 18.3. The number of nitrogens with zero attached hydrogens (tertiary/aromatic N) is 1. The molecule has 132 valence electrons. The number of ether oxygens (including phenoxy) is 3. The maximum absolute atomic E-state index is 12.4. The van der Waals surface area contributed by atoms with Crippen LogP contribution >= 0.6 is 0 Å². The standard InChI is InChI=1S/C18H19NO6/c1-11(20)12-7-15(19(2)9-12)18(22)25-10-16(21)14-8-13(23-3)5-6-17(14)24-4/h5-9H,10H2,1-4H3. The fourth-order valence-corrected chi connectivity index (χ4v) is 2.27. The van der Waals surface area contributed by atoms with Gasteiger partial charge in [-0.15, -0.1) is 0 Å². The number of hydrogen-bond acceptors (Lipinski definition) is 6. The first-order valence-corrected chi connectivity index (χ1v) is 7.47. The monoisotopic (exact) mass is 345 g/mol. The van der Waals surface area contributed by atoms with E-state index in [4.69, 9.17) is 14.2 Å². The Labute approximate surface area is 145 Å². The maximum atomic E-state index is 12.4. The van der Waals surface area contributed by atoms with E-state index in [2.05, 4.69) is 0 Å². The molecule has 0 aliphatic carbocycles.